The Morgan fingerprint density at radius 2 is 2.44 bits per heavy atom. The van der Waals surface area contributed by atoms with Crippen LogP contribution in [0.1, 0.15) is 6.42 Å². The van der Waals surface area contributed by atoms with Crippen molar-refractivity contribution in [1.29, 1.82) is 0 Å². The van der Waals surface area contributed by atoms with Gasteiger partial charge < -0.3 is 20.5 Å². The van der Waals surface area contributed by atoms with Crippen LogP contribution in [0.2, 0.25) is 0 Å². The summed E-state index contributed by atoms with van der Waals surface area (Å²) in [7, 11) is 0. The summed E-state index contributed by atoms with van der Waals surface area (Å²) >= 11 is 0. The first kappa shape index (κ1) is 10.8. The van der Waals surface area contributed by atoms with Gasteiger partial charge in [0.25, 0.3) is 0 Å². The highest BCUT2D eigenvalue weighted by atomic mass is 16.1. The van der Waals surface area contributed by atoms with E-state index < -0.39 is 0 Å². The number of rotatable bonds is 3. The smallest absolute Gasteiger partial charge is 0.222 e. The minimum absolute atomic E-state index is 0.0264. The van der Waals surface area contributed by atoms with Crippen molar-refractivity contribution in [2.75, 3.05) is 17.3 Å². The predicted octanol–water partition coefficient (Wildman–Crippen LogP) is -0.685. The molecule has 1 amide bonds. The summed E-state index contributed by atoms with van der Waals surface area (Å²) in [5, 5.41) is 5.97. The Labute approximate surface area is 103 Å². The number of carbonyl (C=O) groups excluding carboxylic acids is 1. The third-order valence-corrected chi connectivity index (χ3v) is 2.84. The van der Waals surface area contributed by atoms with Crippen LogP contribution in [0.15, 0.2) is 18.6 Å². The highest BCUT2D eigenvalue weighted by molar-refractivity contribution is 5.80. The summed E-state index contributed by atoms with van der Waals surface area (Å²) in [5.41, 5.74) is 3.20. The number of nitrogen functional groups attached to an aromatic ring is 1. The second-order valence-electron chi connectivity index (χ2n) is 4.13. The van der Waals surface area contributed by atoms with Gasteiger partial charge in [-0.1, -0.05) is 0 Å². The van der Waals surface area contributed by atoms with E-state index in [2.05, 4.69) is 26.0 Å². The van der Waals surface area contributed by atoms with Gasteiger partial charge in [-0.05, 0) is 0 Å². The third-order valence-electron chi connectivity index (χ3n) is 2.84. The Bertz CT molecular complexity index is 593. The van der Waals surface area contributed by atoms with Crippen LogP contribution in [0.3, 0.4) is 0 Å². The largest absolute Gasteiger partial charge is 0.362 e. The molecule has 0 spiro atoms. The van der Waals surface area contributed by atoms with Crippen LogP contribution < -0.4 is 21.9 Å². The lowest BCUT2D eigenvalue weighted by Gasteiger charge is -2.13. The summed E-state index contributed by atoms with van der Waals surface area (Å²) in [6.45, 7) is 0.591. The maximum absolute atomic E-state index is 11.2. The van der Waals surface area contributed by atoms with E-state index in [0.717, 1.165) is 0 Å². The predicted molar refractivity (Wildman–Crippen MR) is 65.8 cm³/mol. The second kappa shape index (κ2) is 4.15. The van der Waals surface area contributed by atoms with E-state index in [4.69, 9.17) is 5.84 Å². The molecule has 3 heterocycles. The molecule has 0 saturated carbocycles. The Kier molecular flexibility index (Phi) is 2.49. The Morgan fingerprint density at radius 1 is 1.56 bits per heavy atom. The molecule has 0 bridgehead atoms. The van der Waals surface area contributed by atoms with E-state index in [1.807, 2.05) is 4.40 Å². The van der Waals surface area contributed by atoms with Crippen LogP contribution >= 0.6 is 0 Å². The van der Waals surface area contributed by atoms with E-state index in [1.54, 1.807) is 18.6 Å². The lowest BCUT2D eigenvalue weighted by molar-refractivity contribution is -0.119. The van der Waals surface area contributed by atoms with Gasteiger partial charge in [0.2, 0.25) is 5.91 Å². The molecule has 1 fully saturated rings. The zero-order valence-corrected chi connectivity index (χ0v) is 9.55. The van der Waals surface area contributed by atoms with Crippen molar-refractivity contribution in [2.45, 2.75) is 12.5 Å². The van der Waals surface area contributed by atoms with Gasteiger partial charge in [0, 0.05) is 25.4 Å². The summed E-state index contributed by atoms with van der Waals surface area (Å²) in [6, 6.07) is 0.0264. The monoisotopic (exact) mass is 247 g/mol. The van der Waals surface area contributed by atoms with Crippen molar-refractivity contribution in [3.8, 4) is 0 Å². The molecule has 3 rings (SSSR count). The van der Waals surface area contributed by atoms with Gasteiger partial charge in [-0.25, -0.2) is 15.8 Å². The van der Waals surface area contributed by atoms with Crippen LogP contribution in [-0.4, -0.2) is 32.9 Å². The van der Waals surface area contributed by atoms with E-state index in [1.165, 1.54) is 0 Å². The number of nitrogens with zero attached hydrogens (tertiary/aromatic N) is 3. The summed E-state index contributed by atoms with van der Waals surface area (Å²) in [4.78, 5) is 19.7. The minimum atomic E-state index is 0.0264. The van der Waals surface area contributed by atoms with Crippen molar-refractivity contribution in [3.63, 3.8) is 0 Å². The fraction of sp³-hybridized carbons (Fsp3) is 0.300. The number of imidazole rings is 1. The summed E-state index contributed by atoms with van der Waals surface area (Å²) in [6.07, 6.45) is 5.67. The number of amides is 1. The maximum atomic E-state index is 11.2. The first-order valence-electron chi connectivity index (χ1n) is 5.60. The van der Waals surface area contributed by atoms with Gasteiger partial charge in [-0.2, -0.15) is 0 Å². The van der Waals surface area contributed by atoms with Gasteiger partial charge in [0.05, 0.1) is 12.2 Å². The molecule has 1 aliphatic heterocycles. The van der Waals surface area contributed by atoms with Crippen LogP contribution in [0.5, 0.6) is 0 Å². The van der Waals surface area contributed by atoms with Crippen molar-refractivity contribution in [2.24, 2.45) is 5.84 Å². The van der Waals surface area contributed by atoms with E-state index in [0.29, 0.717) is 30.2 Å². The number of carbonyl (C=O) groups is 1. The molecule has 8 nitrogen and oxygen atoms in total. The number of hydrazine groups is 1. The molecule has 2 aromatic heterocycles. The first-order valence-corrected chi connectivity index (χ1v) is 5.60. The van der Waals surface area contributed by atoms with Gasteiger partial charge in [-0.15, -0.1) is 0 Å². The van der Waals surface area contributed by atoms with Crippen molar-refractivity contribution >= 4 is 23.2 Å². The number of hydrogen-bond donors (Lipinski definition) is 4. The Hall–Kier alpha value is -2.35. The molecule has 0 aromatic carbocycles. The quantitative estimate of drug-likeness (QED) is 0.422. The highest BCUT2D eigenvalue weighted by Crippen LogP contribution is 2.18. The fourth-order valence-electron chi connectivity index (χ4n) is 2.00. The van der Waals surface area contributed by atoms with Crippen LogP contribution in [0, 0.1) is 0 Å². The zero-order valence-electron chi connectivity index (χ0n) is 9.55. The topological polar surface area (TPSA) is 109 Å². The lowest BCUT2D eigenvalue weighted by atomic mass is 10.2. The fourth-order valence-corrected chi connectivity index (χ4v) is 2.00. The molecule has 5 N–H and O–H groups in total. The number of nitrogens with one attached hydrogen (secondary N) is 3. The van der Waals surface area contributed by atoms with E-state index in [-0.39, 0.29) is 11.9 Å². The van der Waals surface area contributed by atoms with Crippen LogP contribution in [0.4, 0.5) is 11.6 Å². The molecule has 8 heteroatoms. The Balaban J connectivity index is 1.94. The first-order chi connectivity index (χ1) is 8.76. The molecular weight excluding hydrogens is 234 g/mol. The number of nitrogens with two attached hydrogens (primary N) is 1. The normalized spacial score (nSPS) is 18.9. The SMILES string of the molecule is NNc1cn2ccnc2c(NC2CNC(=O)C2)n1. The van der Waals surface area contributed by atoms with Crippen LogP contribution in [0.25, 0.3) is 5.65 Å². The standard InChI is InChI=1S/C10H13N7O/c11-16-7-5-17-2-1-12-10(17)9(15-7)14-6-3-8(18)13-4-6/h1-2,5-6,16H,3-4,11H2,(H,13,18)(H,14,15). The van der Waals surface area contributed by atoms with Crippen LogP contribution in [-0.2, 0) is 4.79 Å². The van der Waals surface area contributed by atoms with Crippen molar-refractivity contribution in [3.05, 3.63) is 18.6 Å². The van der Waals surface area contributed by atoms with Gasteiger partial charge >= 0.3 is 0 Å². The lowest BCUT2D eigenvalue weighted by Crippen LogP contribution is -2.23. The van der Waals surface area contributed by atoms with Crippen molar-refractivity contribution < 1.29 is 4.79 Å². The molecule has 18 heavy (non-hydrogen) atoms. The number of fused-ring (bicyclic) bond motifs is 1. The summed E-state index contributed by atoms with van der Waals surface area (Å²) < 4.78 is 1.81. The summed E-state index contributed by atoms with van der Waals surface area (Å²) in [5.74, 6) is 6.55. The number of anilines is 2. The second-order valence-corrected chi connectivity index (χ2v) is 4.13. The molecule has 1 atom stereocenters. The zero-order chi connectivity index (χ0) is 12.5. The van der Waals surface area contributed by atoms with E-state index >= 15 is 0 Å². The highest BCUT2D eigenvalue weighted by Gasteiger charge is 2.22. The minimum Gasteiger partial charge on any atom is -0.362 e. The molecular formula is C10H13N7O. The Morgan fingerprint density at radius 3 is 3.17 bits per heavy atom. The number of hydrogen-bond acceptors (Lipinski definition) is 6. The third kappa shape index (κ3) is 1.82. The number of aromatic nitrogens is 3. The molecule has 1 unspecified atom stereocenters. The molecule has 2 aromatic rings. The average Bonchev–Trinajstić information content (AvgIpc) is 2.98. The maximum Gasteiger partial charge on any atom is 0.222 e. The average molecular weight is 247 g/mol. The van der Waals surface area contributed by atoms with E-state index in [9.17, 15) is 4.79 Å². The molecule has 94 valence electrons. The van der Waals surface area contributed by atoms with Gasteiger partial charge in [-0.3, -0.25) is 4.79 Å². The molecule has 1 aliphatic rings. The van der Waals surface area contributed by atoms with Gasteiger partial charge in [0.1, 0.15) is 0 Å². The molecule has 0 radical (unpaired) electrons. The molecule has 1 saturated heterocycles. The van der Waals surface area contributed by atoms with Gasteiger partial charge in [0.15, 0.2) is 17.3 Å². The van der Waals surface area contributed by atoms with Crippen molar-refractivity contribution in [1.82, 2.24) is 19.7 Å². The molecule has 0 aliphatic carbocycles.